The third kappa shape index (κ3) is 3.07. The number of nitrogens with one attached hydrogen (secondary N) is 1. The zero-order valence-electron chi connectivity index (χ0n) is 11.5. The molecule has 5 heteroatoms. The van der Waals surface area contributed by atoms with Crippen molar-refractivity contribution in [1.29, 1.82) is 0 Å². The molecule has 1 aromatic carbocycles. The van der Waals surface area contributed by atoms with Gasteiger partial charge in [-0.15, -0.1) is 0 Å². The first-order chi connectivity index (χ1) is 8.56. The molecular weight excluding hydrogens is 254 g/mol. The predicted molar refractivity (Wildman–Crippen MR) is 72.5 cm³/mol. The summed E-state index contributed by atoms with van der Waals surface area (Å²) in [6.07, 6.45) is 0. The summed E-state index contributed by atoms with van der Waals surface area (Å²) in [6.45, 7) is 4.73. The van der Waals surface area contributed by atoms with Crippen molar-refractivity contribution in [2.45, 2.75) is 26.3 Å². The zero-order chi connectivity index (χ0) is 13.7. The van der Waals surface area contributed by atoms with Crippen LogP contribution < -0.4 is 15.0 Å². The molecule has 0 amide bonds. The normalized spacial score (nSPS) is 10.8. The Morgan fingerprint density at radius 3 is 2.33 bits per heavy atom. The van der Waals surface area contributed by atoms with Gasteiger partial charge in [0.15, 0.2) is 11.5 Å². The van der Waals surface area contributed by atoms with Gasteiger partial charge in [-0.3, -0.25) is 0 Å². The second-order valence-corrected chi connectivity index (χ2v) is 4.56. The van der Waals surface area contributed by atoms with Gasteiger partial charge in [-0.1, -0.05) is 25.4 Å². The molecule has 0 heterocycles. The largest absolute Gasteiger partial charge is 0.493 e. The van der Waals surface area contributed by atoms with E-state index >= 15 is 0 Å². The molecule has 1 aromatic rings. The van der Waals surface area contributed by atoms with E-state index in [1.165, 1.54) is 0 Å². The highest BCUT2D eigenvalue weighted by molar-refractivity contribution is 6.33. The van der Waals surface area contributed by atoms with Gasteiger partial charge in [-0.25, -0.2) is 0 Å². The molecule has 102 valence electrons. The first-order valence-electron chi connectivity index (χ1n) is 5.75. The number of methoxy groups -OCH3 is 2. The predicted octanol–water partition coefficient (Wildman–Crippen LogP) is 3.13. The molecule has 0 saturated heterocycles. The smallest absolute Gasteiger partial charge is 0.179 e. The maximum absolute atomic E-state index is 6.40. The van der Waals surface area contributed by atoms with E-state index in [-0.39, 0.29) is 5.92 Å². The first-order valence-corrected chi connectivity index (χ1v) is 6.13. The number of ether oxygens (including phenoxy) is 2. The van der Waals surface area contributed by atoms with E-state index in [0.717, 1.165) is 11.1 Å². The molecule has 0 saturated carbocycles. The quantitative estimate of drug-likeness (QED) is 0.809. The number of rotatable bonds is 6. The van der Waals surface area contributed by atoms with Crippen molar-refractivity contribution in [3.8, 4) is 11.5 Å². The highest BCUT2D eigenvalue weighted by Gasteiger charge is 2.19. The van der Waals surface area contributed by atoms with Crippen LogP contribution in [0.5, 0.6) is 11.5 Å². The van der Waals surface area contributed by atoms with Crippen molar-refractivity contribution in [2.24, 2.45) is 0 Å². The van der Waals surface area contributed by atoms with Crippen LogP contribution in [0.2, 0.25) is 5.02 Å². The zero-order valence-corrected chi connectivity index (χ0v) is 12.2. The van der Waals surface area contributed by atoms with E-state index in [1.54, 1.807) is 21.3 Å². The summed E-state index contributed by atoms with van der Waals surface area (Å²) < 4.78 is 10.6. The van der Waals surface area contributed by atoms with Gasteiger partial charge in [0.2, 0.25) is 0 Å². The lowest BCUT2D eigenvalue weighted by molar-refractivity contribution is 0.0864. The molecular formula is C13H20ClNO3. The molecule has 0 aliphatic carbocycles. The van der Waals surface area contributed by atoms with Gasteiger partial charge in [0.05, 0.1) is 26.4 Å². The molecule has 18 heavy (non-hydrogen) atoms. The monoisotopic (exact) mass is 273 g/mol. The van der Waals surface area contributed by atoms with Crippen molar-refractivity contribution in [3.05, 3.63) is 22.2 Å². The highest BCUT2D eigenvalue weighted by atomic mass is 35.5. The van der Waals surface area contributed by atoms with E-state index < -0.39 is 0 Å². The lowest BCUT2D eigenvalue weighted by Gasteiger charge is -2.19. The van der Waals surface area contributed by atoms with Crippen molar-refractivity contribution in [1.82, 2.24) is 5.48 Å². The number of benzene rings is 1. The molecule has 0 radical (unpaired) electrons. The van der Waals surface area contributed by atoms with E-state index in [2.05, 4.69) is 19.3 Å². The SMILES string of the molecule is CONCc1cc(OC)c(OC)c(Cl)c1C(C)C. The van der Waals surface area contributed by atoms with Gasteiger partial charge in [0, 0.05) is 6.54 Å². The van der Waals surface area contributed by atoms with E-state index in [1.807, 2.05) is 6.07 Å². The Labute approximate surface area is 113 Å². The summed E-state index contributed by atoms with van der Waals surface area (Å²) in [7, 11) is 4.76. The summed E-state index contributed by atoms with van der Waals surface area (Å²) in [4.78, 5) is 4.89. The van der Waals surface area contributed by atoms with Crippen LogP contribution in [0.4, 0.5) is 0 Å². The Morgan fingerprint density at radius 1 is 1.22 bits per heavy atom. The Bertz CT molecular complexity index is 408. The maximum atomic E-state index is 6.40. The fraction of sp³-hybridized carbons (Fsp3) is 0.538. The molecule has 0 spiro atoms. The van der Waals surface area contributed by atoms with E-state index in [4.69, 9.17) is 25.9 Å². The molecule has 1 rings (SSSR count). The van der Waals surface area contributed by atoms with Crippen LogP contribution in [-0.2, 0) is 11.4 Å². The van der Waals surface area contributed by atoms with Crippen LogP contribution in [0, 0.1) is 0 Å². The van der Waals surface area contributed by atoms with Crippen LogP contribution in [0.1, 0.15) is 30.9 Å². The van der Waals surface area contributed by atoms with E-state index in [0.29, 0.717) is 23.1 Å². The Hall–Kier alpha value is -0.970. The molecule has 0 aliphatic rings. The molecule has 0 bridgehead atoms. The standard InChI is InChI=1S/C13H20ClNO3/c1-8(2)11-9(7-15-18-5)6-10(16-3)13(17-4)12(11)14/h6,8,15H,7H2,1-5H3. The minimum absolute atomic E-state index is 0.283. The van der Waals surface area contributed by atoms with Gasteiger partial charge in [0.1, 0.15) is 0 Å². The van der Waals surface area contributed by atoms with E-state index in [9.17, 15) is 0 Å². The van der Waals surface area contributed by atoms with Crippen molar-refractivity contribution >= 4 is 11.6 Å². The lowest BCUT2D eigenvalue weighted by atomic mass is 9.96. The van der Waals surface area contributed by atoms with Crippen molar-refractivity contribution in [2.75, 3.05) is 21.3 Å². The fourth-order valence-corrected chi connectivity index (χ4v) is 2.45. The Kier molecular flexibility index (Phi) is 5.72. The van der Waals surface area contributed by atoms with Gasteiger partial charge >= 0.3 is 0 Å². The summed E-state index contributed by atoms with van der Waals surface area (Å²) >= 11 is 6.40. The maximum Gasteiger partial charge on any atom is 0.179 e. The number of hydroxylamine groups is 1. The van der Waals surface area contributed by atoms with Crippen LogP contribution in [0.15, 0.2) is 6.07 Å². The van der Waals surface area contributed by atoms with Gasteiger partial charge in [-0.2, -0.15) is 5.48 Å². The van der Waals surface area contributed by atoms with Crippen molar-refractivity contribution in [3.63, 3.8) is 0 Å². The third-order valence-corrected chi connectivity index (χ3v) is 3.09. The third-order valence-electron chi connectivity index (χ3n) is 2.72. The van der Waals surface area contributed by atoms with Gasteiger partial charge < -0.3 is 14.3 Å². The second kappa shape index (κ2) is 6.83. The Morgan fingerprint density at radius 2 is 1.89 bits per heavy atom. The minimum atomic E-state index is 0.283. The summed E-state index contributed by atoms with van der Waals surface area (Å²) in [5.74, 6) is 1.48. The summed E-state index contributed by atoms with van der Waals surface area (Å²) in [5, 5.41) is 0.597. The van der Waals surface area contributed by atoms with Crippen LogP contribution in [-0.4, -0.2) is 21.3 Å². The lowest BCUT2D eigenvalue weighted by Crippen LogP contribution is -2.14. The van der Waals surface area contributed by atoms with Crippen LogP contribution in [0.3, 0.4) is 0 Å². The molecule has 0 fully saturated rings. The van der Waals surface area contributed by atoms with Gasteiger partial charge in [-0.05, 0) is 23.1 Å². The average Bonchev–Trinajstić information content (AvgIpc) is 2.34. The van der Waals surface area contributed by atoms with Gasteiger partial charge in [0.25, 0.3) is 0 Å². The van der Waals surface area contributed by atoms with Crippen LogP contribution in [0.25, 0.3) is 0 Å². The molecule has 0 unspecified atom stereocenters. The molecule has 1 N–H and O–H groups in total. The molecule has 4 nitrogen and oxygen atoms in total. The molecule has 0 aromatic heterocycles. The van der Waals surface area contributed by atoms with Crippen LogP contribution >= 0.6 is 11.6 Å². The topological polar surface area (TPSA) is 39.7 Å². The number of halogens is 1. The highest BCUT2D eigenvalue weighted by Crippen LogP contribution is 2.42. The minimum Gasteiger partial charge on any atom is -0.493 e. The Balaban J connectivity index is 3.34. The molecule has 0 atom stereocenters. The second-order valence-electron chi connectivity index (χ2n) is 4.18. The fourth-order valence-electron chi connectivity index (χ4n) is 1.94. The first kappa shape index (κ1) is 15.1. The number of hydrogen-bond acceptors (Lipinski definition) is 4. The average molecular weight is 274 g/mol. The van der Waals surface area contributed by atoms with Crippen molar-refractivity contribution < 1.29 is 14.3 Å². The summed E-state index contributed by atoms with van der Waals surface area (Å²) in [6, 6.07) is 1.92. The summed E-state index contributed by atoms with van der Waals surface area (Å²) in [5.41, 5.74) is 4.90. The number of hydrogen-bond donors (Lipinski definition) is 1. The molecule has 0 aliphatic heterocycles.